The van der Waals surface area contributed by atoms with Crippen molar-refractivity contribution >= 4 is 40.8 Å². The minimum Gasteiger partial charge on any atom is -0.495 e. The van der Waals surface area contributed by atoms with Crippen molar-refractivity contribution in [3.8, 4) is 17.2 Å². The monoisotopic (exact) mass is 538 g/mol. The Hall–Kier alpha value is -4.04. The predicted molar refractivity (Wildman–Crippen MR) is 147 cm³/mol. The third-order valence-electron chi connectivity index (χ3n) is 5.51. The lowest BCUT2D eigenvalue weighted by Gasteiger charge is -2.15. The van der Waals surface area contributed by atoms with E-state index in [-0.39, 0.29) is 18.7 Å². The summed E-state index contributed by atoms with van der Waals surface area (Å²) < 4.78 is 16.2. The molecule has 0 aliphatic rings. The lowest BCUT2D eigenvalue weighted by molar-refractivity contribution is -0.147. The zero-order chi connectivity index (χ0) is 27.7. The number of hydrogen-bond donors (Lipinski definition) is 2. The molecular weight excluding hydrogens is 508 g/mol. The molecule has 2 amide bonds. The molecule has 0 aliphatic carbocycles. The zero-order valence-corrected chi connectivity index (χ0v) is 22.6. The van der Waals surface area contributed by atoms with E-state index in [1.54, 1.807) is 36.4 Å². The van der Waals surface area contributed by atoms with Crippen LogP contribution in [-0.4, -0.2) is 31.5 Å². The fourth-order valence-electron chi connectivity index (χ4n) is 3.56. The van der Waals surface area contributed by atoms with Crippen molar-refractivity contribution in [1.82, 2.24) is 0 Å². The molecule has 2 N–H and O–H groups in total. The Morgan fingerprint density at radius 2 is 1.61 bits per heavy atom. The molecule has 3 aromatic rings. The van der Waals surface area contributed by atoms with E-state index in [4.69, 9.17) is 25.8 Å². The smallest absolute Gasteiger partial charge is 0.306 e. The fourth-order valence-corrected chi connectivity index (χ4v) is 3.73. The number of nitrogens with one attached hydrogen (secondary N) is 2. The van der Waals surface area contributed by atoms with Gasteiger partial charge in [-0.15, -0.1) is 0 Å². The quantitative estimate of drug-likeness (QED) is 0.271. The van der Waals surface area contributed by atoms with Crippen LogP contribution in [0.3, 0.4) is 0 Å². The van der Waals surface area contributed by atoms with Gasteiger partial charge in [-0.05, 0) is 72.5 Å². The molecule has 0 radical (unpaired) electrons. The van der Waals surface area contributed by atoms with Gasteiger partial charge in [-0.1, -0.05) is 37.6 Å². The molecule has 0 fully saturated rings. The standard InChI is InChI=1S/C29H31ClN2O6/c1-18(2)23-11-5-19(3)15-26(23)38-22-9-7-21(8-10-22)31-27(33)13-14-29(35)37-17-28(34)32-24-16-20(30)6-12-25(24)36-4/h5-12,15-16,18H,13-14,17H2,1-4H3,(H,31,33)(H,32,34). The molecule has 200 valence electrons. The molecule has 0 spiro atoms. The number of methoxy groups -OCH3 is 1. The number of carbonyl (C=O) groups excluding carboxylic acids is 3. The van der Waals surface area contributed by atoms with Gasteiger partial charge in [0.25, 0.3) is 5.91 Å². The first-order chi connectivity index (χ1) is 18.1. The van der Waals surface area contributed by atoms with E-state index in [2.05, 4.69) is 36.6 Å². The van der Waals surface area contributed by atoms with E-state index >= 15 is 0 Å². The number of carbonyl (C=O) groups is 3. The maximum Gasteiger partial charge on any atom is 0.306 e. The van der Waals surface area contributed by atoms with Crippen LogP contribution in [0.5, 0.6) is 17.2 Å². The number of anilines is 2. The summed E-state index contributed by atoms with van der Waals surface area (Å²) in [7, 11) is 1.46. The van der Waals surface area contributed by atoms with Crippen molar-refractivity contribution in [1.29, 1.82) is 0 Å². The lowest BCUT2D eigenvalue weighted by Crippen LogP contribution is -2.22. The van der Waals surface area contributed by atoms with Gasteiger partial charge in [0.1, 0.15) is 17.2 Å². The molecule has 0 bridgehead atoms. The van der Waals surface area contributed by atoms with E-state index in [9.17, 15) is 14.4 Å². The van der Waals surface area contributed by atoms with E-state index < -0.39 is 18.5 Å². The largest absolute Gasteiger partial charge is 0.495 e. The molecule has 0 heterocycles. The van der Waals surface area contributed by atoms with Gasteiger partial charge in [0.2, 0.25) is 5.91 Å². The molecule has 3 aromatic carbocycles. The van der Waals surface area contributed by atoms with Crippen LogP contribution in [0.1, 0.15) is 43.7 Å². The van der Waals surface area contributed by atoms with Crippen LogP contribution in [0, 0.1) is 6.92 Å². The van der Waals surface area contributed by atoms with Crippen molar-refractivity contribution in [2.45, 2.75) is 39.5 Å². The van der Waals surface area contributed by atoms with Crippen molar-refractivity contribution in [3.63, 3.8) is 0 Å². The van der Waals surface area contributed by atoms with Gasteiger partial charge in [0.05, 0.1) is 19.2 Å². The van der Waals surface area contributed by atoms with Crippen LogP contribution < -0.4 is 20.1 Å². The summed E-state index contributed by atoms with van der Waals surface area (Å²) in [5.74, 6) is 0.596. The van der Waals surface area contributed by atoms with E-state index in [0.717, 1.165) is 16.9 Å². The van der Waals surface area contributed by atoms with E-state index in [1.807, 2.05) is 13.0 Å². The van der Waals surface area contributed by atoms with E-state index in [0.29, 0.717) is 33.8 Å². The molecular formula is C29H31ClN2O6. The molecule has 0 unspecified atom stereocenters. The van der Waals surface area contributed by atoms with E-state index in [1.165, 1.54) is 13.2 Å². The van der Waals surface area contributed by atoms with Crippen LogP contribution in [0.15, 0.2) is 60.7 Å². The number of ether oxygens (including phenoxy) is 3. The Morgan fingerprint density at radius 1 is 0.868 bits per heavy atom. The van der Waals surface area contributed by atoms with Crippen LogP contribution in [0.25, 0.3) is 0 Å². The first-order valence-corrected chi connectivity index (χ1v) is 12.5. The SMILES string of the molecule is COc1ccc(Cl)cc1NC(=O)COC(=O)CCC(=O)Nc1ccc(Oc2cc(C)ccc2C(C)C)cc1. The number of benzene rings is 3. The first kappa shape index (κ1) is 28.5. The molecule has 0 atom stereocenters. The minimum atomic E-state index is -0.670. The maximum atomic E-state index is 12.3. The number of esters is 1. The second-order valence-electron chi connectivity index (χ2n) is 8.92. The summed E-state index contributed by atoms with van der Waals surface area (Å²) in [6, 6.07) is 17.9. The highest BCUT2D eigenvalue weighted by Gasteiger charge is 2.14. The third kappa shape index (κ3) is 8.52. The molecule has 3 rings (SSSR count). The number of hydrogen-bond acceptors (Lipinski definition) is 6. The Morgan fingerprint density at radius 3 is 2.29 bits per heavy atom. The van der Waals surface area contributed by atoms with Crippen LogP contribution in [0.2, 0.25) is 5.02 Å². The summed E-state index contributed by atoms with van der Waals surface area (Å²) in [4.78, 5) is 36.4. The average Bonchev–Trinajstić information content (AvgIpc) is 2.87. The third-order valence-corrected chi connectivity index (χ3v) is 5.75. The molecule has 9 heteroatoms. The molecule has 0 saturated carbocycles. The van der Waals surface area contributed by atoms with Gasteiger partial charge in [0.15, 0.2) is 6.61 Å². The Labute approximate surface area is 227 Å². The Balaban J connectivity index is 1.43. The summed E-state index contributed by atoms with van der Waals surface area (Å²) in [6.07, 6.45) is -0.270. The summed E-state index contributed by atoms with van der Waals surface area (Å²) in [5, 5.41) is 5.72. The van der Waals surface area contributed by atoms with Crippen LogP contribution in [-0.2, 0) is 19.1 Å². The molecule has 38 heavy (non-hydrogen) atoms. The molecule has 0 aromatic heterocycles. The topological polar surface area (TPSA) is 103 Å². The van der Waals surface area contributed by atoms with Gasteiger partial charge >= 0.3 is 5.97 Å². The second-order valence-corrected chi connectivity index (χ2v) is 9.36. The van der Waals surface area contributed by atoms with Gasteiger partial charge in [-0.3, -0.25) is 14.4 Å². The summed E-state index contributed by atoms with van der Waals surface area (Å²) >= 11 is 5.94. The predicted octanol–water partition coefficient (Wildman–Crippen LogP) is 6.47. The lowest BCUT2D eigenvalue weighted by atomic mass is 10.0. The highest BCUT2D eigenvalue weighted by molar-refractivity contribution is 6.31. The van der Waals surface area contributed by atoms with Gasteiger partial charge in [-0.25, -0.2) is 0 Å². The van der Waals surface area contributed by atoms with Crippen molar-refractivity contribution in [2.24, 2.45) is 0 Å². The Bertz CT molecular complexity index is 1290. The molecule has 0 saturated heterocycles. The second kappa shape index (κ2) is 13.5. The molecule has 0 aliphatic heterocycles. The maximum absolute atomic E-state index is 12.3. The fraction of sp³-hybridized carbons (Fsp3) is 0.276. The normalized spacial score (nSPS) is 10.6. The summed E-state index contributed by atoms with van der Waals surface area (Å²) in [6.45, 7) is 5.73. The zero-order valence-electron chi connectivity index (χ0n) is 21.8. The van der Waals surface area contributed by atoms with Crippen LogP contribution >= 0.6 is 11.6 Å². The highest BCUT2D eigenvalue weighted by atomic mass is 35.5. The van der Waals surface area contributed by atoms with Crippen molar-refractivity contribution in [3.05, 3.63) is 76.8 Å². The Kier molecular flexibility index (Phi) is 10.1. The number of rotatable bonds is 11. The molecule has 8 nitrogen and oxygen atoms in total. The number of halogens is 1. The van der Waals surface area contributed by atoms with Gasteiger partial charge < -0.3 is 24.8 Å². The van der Waals surface area contributed by atoms with Crippen molar-refractivity contribution in [2.75, 3.05) is 24.4 Å². The minimum absolute atomic E-state index is 0.0954. The van der Waals surface area contributed by atoms with Gasteiger partial charge in [0, 0.05) is 17.1 Å². The number of amides is 2. The summed E-state index contributed by atoms with van der Waals surface area (Å²) in [5.41, 5.74) is 3.14. The highest BCUT2D eigenvalue weighted by Crippen LogP contribution is 2.32. The average molecular weight is 539 g/mol. The van der Waals surface area contributed by atoms with Gasteiger partial charge in [-0.2, -0.15) is 0 Å². The van der Waals surface area contributed by atoms with Crippen molar-refractivity contribution < 1.29 is 28.6 Å². The number of aryl methyl sites for hydroxylation is 1. The first-order valence-electron chi connectivity index (χ1n) is 12.1. The van der Waals surface area contributed by atoms with Crippen LogP contribution in [0.4, 0.5) is 11.4 Å².